The van der Waals surface area contributed by atoms with Crippen molar-refractivity contribution in [1.29, 1.82) is 0 Å². The number of anilines is 6. The molecule has 0 aliphatic heterocycles. The summed E-state index contributed by atoms with van der Waals surface area (Å²) in [5.41, 5.74) is 7.80. The van der Waals surface area contributed by atoms with E-state index in [0.717, 1.165) is 45.4 Å². The minimum atomic E-state index is 0.872. The van der Waals surface area contributed by atoms with Crippen molar-refractivity contribution in [3.05, 3.63) is 212 Å². The molecule has 0 saturated heterocycles. The van der Waals surface area contributed by atoms with E-state index in [2.05, 4.69) is 216 Å². The smallest absolute Gasteiger partial charge is 0.137 e. The van der Waals surface area contributed by atoms with E-state index in [0.29, 0.717) is 0 Å². The second kappa shape index (κ2) is 13.4. The number of aromatic nitrogens is 1. The number of hydrogen-bond acceptors (Lipinski definition) is 3. The van der Waals surface area contributed by atoms with E-state index in [1.54, 1.807) is 0 Å². The number of pyridine rings is 1. The van der Waals surface area contributed by atoms with E-state index >= 15 is 0 Å². The average Bonchev–Trinajstić information content (AvgIpc) is 3.25. The summed E-state index contributed by atoms with van der Waals surface area (Å²) in [6.45, 7) is 0. The first kappa shape index (κ1) is 31.5. The molecule has 1 heterocycles. The quantitative estimate of drug-likeness (QED) is 0.155. The third-order valence-corrected chi connectivity index (χ3v) is 10.4. The van der Waals surface area contributed by atoms with Gasteiger partial charge >= 0.3 is 0 Å². The normalized spacial score (nSPS) is 11.3. The molecule has 0 amide bonds. The third kappa shape index (κ3) is 5.60. The van der Waals surface area contributed by atoms with Crippen LogP contribution >= 0.6 is 0 Å². The molecule has 0 spiro atoms. The first-order chi connectivity index (χ1) is 26.8. The number of hydrogen-bond donors (Lipinski definition) is 0. The summed E-state index contributed by atoms with van der Waals surface area (Å²) in [5, 5.41) is 9.70. The molecular weight excluding hydrogens is 655 g/mol. The summed E-state index contributed by atoms with van der Waals surface area (Å²) in [5.74, 6) is 0.872. The zero-order valence-electron chi connectivity index (χ0n) is 29.5. The molecule has 10 aromatic rings. The maximum atomic E-state index is 5.06. The van der Waals surface area contributed by atoms with Crippen molar-refractivity contribution in [1.82, 2.24) is 4.98 Å². The second-order valence-electron chi connectivity index (χ2n) is 13.7. The van der Waals surface area contributed by atoms with Crippen LogP contribution in [-0.2, 0) is 0 Å². The third-order valence-electron chi connectivity index (χ3n) is 10.4. The highest BCUT2D eigenvalue weighted by Gasteiger charge is 2.18. The van der Waals surface area contributed by atoms with Gasteiger partial charge in [-0.1, -0.05) is 140 Å². The Morgan fingerprint density at radius 1 is 0.296 bits per heavy atom. The van der Waals surface area contributed by atoms with Crippen LogP contribution < -0.4 is 9.80 Å². The minimum absolute atomic E-state index is 0.872. The van der Waals surface area contributed by atoms with E-state index in [1.165, 1.54) is 43.1 Å². The summed E-state index contributed by atoms with van der Waals surface area (Å²) in [7, 11) is 0. The number of fused-ring (bicyclic) bond motifs is 5. The summed E-state index contributed by atoms with van der Waals surface area (Å²) >= 11 is 0. The van der Waals surface area contributed by atoms with Crippen molar-refractivity contribution in [2.24, 2.45) is 0 Å². The number of para-hydroxylation sites is 2. The summed E-state index contributed by atoms with van der Waals surface area (Å²) in [6, 6.07) is 73.6. The zero-order valence-corrected chi connectivity index (χ0v) is 29.5. The van der Waals surface area contributed by atoms with Gasteiger partial charge in [-0.25, -0.2) is 4.98 Å². The van der Waals surface area contributed by atoms with Crippen molar-refractivity contribution in [3.63, 3.8) is 0 Å². The Bertz CT molecular complexity index is 2930. The van der Waals surface area contributed by atoms with E-state index in [9.17, 15) is 0 Å². The molecule has 9 aromatic carbocycles. The van der Waals surface area contributed by atoms with Crippen LogP contribution in [0.5, 0.6) is 0 Å². The highest BCUT2D eigenvalue weighted by Crippen LogP contribution is 2.42. The van der Waals surface area contributed by atoms with Crippen LogP contribution in [0.1, 0.15) is 0 Å². The minimum Gasteiger partial charge on any atom is -0.310 e. The van der Waals surface area contributed by atoms with E-state index in [-0.39, 0.29) is 0 Å². The van der Waals surface area contributed by atoms with Crippen LogP contribution in [0, 0.1) is 0 Å². The fourth-order valence-corrected chi connectivity index (χ4v) is 7.85. The topological polar surface area (TPSA) is 19.4 Å². The van der Waals surface area contributed by atoms with Crippen molar-refractivity contribution in [3.8, 4) is 11.1 Å². The molecule has 0 saturated carbocycles. The van der Waals surface area contributed by atoms with Gasteiger partial charge in [-0.15, -0.1) is 0 Å². The van der Waals surface area contributed by atoms with E-state index in [4.69, 9.17) is 4.98 Å². The van der Waals surface area contributed by atoms with Gasteiger partial charge < -0.3 is 4.90 Å². The lowest BCUT2D eigenvalue weighted by atomic mass is 9.97. The van der Waals surface area contributed by atoms with Crippen molar-refractivity contribution in [2.75, 3.05) is 9.80 Å². The van der Waals surface area contributed by atoms with Gasteiger partial charge in [-0.05, 0) is 105 Å². The Kier molecular flexibility index (Phi) is 7.81. The summed E-state index contributed by atoms with van der Waals surface area (Å²) in [6.07, 6.45) is 2.00. The van der Waals surface area contributed by atoms with Gasteiger partial charge in [0.1, 0.15) is 5.82 Å². The van der Waals surface area contributed by atoms with Crippen molar-refractivity contribution in [2.45, 2.75) is 0 Å². The molecule has 0 atom stereocenters. The Morgan fingerprint density at radius 2 is 0.815 bits per heavy atom. The van der Waals surface area contributed by atoms with Gasteiger partial charge in [0.2, 0.25) is 0 Å². The zero-order chi connectivity index (χ0) is 35.8. The van der Waals surface area contributed by atoms with Gasteiger partial charge in [0.15, 0.2) is 0 Å². The maximum Gasteiger partial charge on any atom is 0.137 e. The van der Waals surface area contributed by atoms with Crippen LogP contribution in [0.25, 0.3) is 54.2 Å². The Hall–Kier alpha value is -7.23. The van der Waals surface area contributed by atoms with Crippen LogP contribution in [0.3, 0.4) is 0 Å². The van der Waals surface area contributed by atoms with Crippen LogP contribution in [0.4, 0.5) is 34.3 Å². The first-order valence-corrected chi connectivity index (χ1v) is 18.4. The lowest BCUT2D eigenvalue weighted by Gasteiger charge is -2.27. The van der Waals surface area contributed by atoms with Gasteiger partial charge in [0, 0.05) is 39.6 Å². The van der Waals surface area contributed by atoms with Crippen molar-refractivity contribution < 1.29 is 0 Å². The lowest BCUT2D eigenvalue weighted by Crippen LogP contribution is -2.11. The van der Waals surface area contributed by atoms with Gasteiger partial charge in [0.05, 0.1) is 11.4 Å². The average molecular weight is 690 g/mol. The summed E-state index contributed by atoms with van der Waals surface area (Å²) < 4.78 is 0. The molecule has 0 aliphatic carbocycles. The lowest BCUT2D eigenvalue weighted by molar-refractivity contribution is 1.19. The molecule has 0 fully saturated rings. The van der Waals surface area contributed by atoms with E-state index in [1.807, 2.05) is 6.20 Å². The number of rotatable bonds is 7. The molecule has 254 valence electrons. The summed E-state index contributed by atoms with van der Waals surface area (Å²) in [4.78, 5) is 9.67. The molecule has 1 aromatic heterocycles. The number of nitrogens with zero attached hydrogens (tertiary/aromatic N) is 3. The molecule has 3 heteroatoms. The Labute approximate surface area is 314 Å². The largest absolute Gasteiger partial charge is 0.310 e. The van der Waals surface area contributed by atoms with Gasteiger partial charge in [-0.3, -0.25) is 4.90 Å². The molecule has 0 radical (unpaired) electrons. The molecule has 54 heavy (non-hydrogen) atoms. The fraction of sp³-hybridized carbons (Fsp3) is 0. The number of benzene rings is 9. The highest BCUT2D eigenvalue weighted by molar-refractivity contribution is 6.10. The monoisotopic (exact) mass is 689 g/mol. The predicted molar refractivity (Wildman–Crippen MR) is 229 cm³/mol. The Balaban J connectivity index is 1.01. The van der Waals surface area contributed by atoms with Gasteiger partial charge in [-0.2, -0.15) is 0 Å². The molecule has 0 N–H and O–H groups in total. The van der Waals surface area contributed by atoms with E-state index < -0.39 is 0 Å². The molecule has 0 bridgehead atoms. The standard InChI is InChI=1S/C51H35N3/c1-3-17-42(18-4-1)53(49-23-11-15-36-13-7-9-21-47(36)49)44-29-31-46-40(34-44)26-25-39-33-38(27-30-45(39)46)41-28-32-51(52-35-41)54(43-19-5-2-6-20-43)50-24-12-16-37-14-8-10-22-48(37)50/h1-35H. The first-order valence-electron chi connectivity index (χ1n) is 18.4. The fourth-order valence-electron chi connectivity index (χ4n) is 7.85. The van der Waals surface area contributed by atoms with Crippen LogP contribution in [0.2, 0.25) is 0 Å². The molecule has 0 aliphatic rings. The molecular formula is C51H35N3. The molecule has 10 rings (SSSR count). The molecule has 0 unspecified atom stereocenters. The SMILES string of the molecule is c1ccc(N(c2ccc3c(ccc4cc(-c5ccc(N(c6ccccc6)c6cccc7ccccc67)nc5)ccc43)c2)c2cccc3ccccc23)cc1. The van der Waals surface area contributed by atoms with Gasteiger partial charge in [0.25, 0.3) is 0 Å². The second-order valence-corrected chi connectivity index (χ2v) is 13.7. The molecule has 3 nitrogen and oxygen atoms in total. The predicted octanol–water partition coefficient (Wildman–Crippen LogP) is 14.3. The highest BCUT2D eigenvalue weighted by atomic mass is 15.2. The Morgan fingerprint density at radius 3 is 1.44 bits per heavy atom. The maximum absolute atomic E-state index is 5.06. The van der Waals surface area contributed by atoms with Crippen LogP contribution in [0.15, 0.2) is 212 Å². The van der Waals surface area contributed by atoms with Crippen LogP contribution in [-0.4, -0.2) is 4.98 Å². The van der Waals surface area contributed by atoms with Crippen molar-refractivity contribution >= 4 is 77.3 Å².